The normalized spacial score (nSPS) is 10.6. The summed E-state index contributed by atoms with van der Waals surface area (Å²) in [7, 11) is 0. The molecule has 1 N–H and O–H groups in total. The van der Waals surface area contributed by atoms with Crippen molar-refractivity contribution >= 4 is 11.6 Å². The van der Waals surface area contributed by atoms with Crippen molar-refractivity contribution in [3.05, 3.63) is 79.4 Å². The zero-order valence-corrected chi connectivity index (χ0v) is 13.0. The maximum atomic E-state index is 12.5. The highest BCUT2D eigenvalue weighted by atomic mass is 16.1. The molecule has 0 fully saturated rings. The van der Waals surface area contributed by atoms with Crippen molar-refractivity contribution in [2.45, 2.75) is 0 Å². The summed E-state index contributed by atoms with van der Waals surface area (Å²) in [6, 6.07) is 8.78. The molecule has 122 valence electrons. The Kier molecular flexibility index (Phi) is 3.76. The summed E-state index contributed by atoms with van der Waals surface area (Å²) in [4.78, 5) is 25.0. The molecular weight excluding hydrogens is 318 g/mol. The van der Waals surface area contributed by atoms with E-state index >= 15 is 0 Å². The first-order chi connectivity index (χ1) is 12.3. The molecular formula is C17H13N7O. The quantitative estimate of drug-likeness (QED) is 0.618. The maximum Gasteiger partial charge on any atom is 0.257 e. The molecule has 0 radical (unpaired) electrons. The molecule has 25 heavy (non-hydrogen) atoms. The number of rotatable bonds is 4. The Balaban J connectivity index is 1.57. The van der Waals surface area contributed by atoms with E-state index in [2.05, 4.69) is 25.4 Å². The molecule has 4 aromatic heterocycles. The summed E-state index contributed by atoms with van der Waals surface area (Å²) < 4.78 is 3.36. The Morgan fingerprint density at radius 2 is 1.96 bits per heavy atom. The first kappa shape index (κ1) is 14.8. The zero-order valence-electron chi connectivity index (χ0n) is 13.0. The first-order valence-corrected chi connectivity index (χ1v) is 7.52. The zero-order chi connectivity index (χ0) is 17.1. The number of carbonyl (C=O) groups excluding carboxylic acids is 1. The molecule has 4 heterocycles. The fourth-order valence-corrected chi connectivity index (χ4v) is 2.33. The fraction of sp³-hybridized carbons (Fsp3) is 0. The fourth-order valence-electron chi connectivity index (χ4n) is 2.33. The van der Waals surface area contributed by atoms with Gasteiger partial charge < -0.3 is 5.32 Å². The molecule has 0 aliphatic heterocycles. The van der Waals surface area contributed by atoms with Gasteiger partial charge in [0.25, 0.3) is 5.91 Å². The summed E-state index contributed by atoms with van der Waals surface area (Å²) >= 11 is 0. The Labute approximate surface area is 142 Å². The lowest BCUT2D eigenvalue weighted by Gasteiger charge is -2.10. The van der Waals surface area contributed by atoms with Gasteiger partial charge in [0.2, 0.25) is 0 Å². The van der Waals surface area contributed by atoms with Crippen molar-refractivity contribution in [1.82, 2.24) is 29.3 Å². The van der Waals surface area contributed by atoms with E-state index in [1.165, 1.54) is 6.20 Å². The number of pyridine rings is 2. The van der Waals surface area contributed by atoms with Crippen LogP contribution in [0.4, 0.5) is 5.69 Å². The Hall–Kier alpha value is -3.81. The van der Waals surface area contributed by atoms with E-state index in [4.69, 9.17) is 0 Å². The predicted molar refractivity (Wildman–Crippen MR) is 90.7 cm³/mol. The molecule has 0 atom stereocenters. The molecule has 8 heteroatoms. The summed E-state index contributed by atoms with van der Waals surface area (Å²) in [5, 5.41) is 7.00. The molecule has 0 saturated heterocycles. The number of anilines is 1. The topological polar surface area (TPSA) is 90.5 Å². The van der Waals surface area contributed by atoms with Crippen LogP contribution in [0.2, 0.25) is 0 Å². The molecule has 8 nitrogen and oxygen atoms in total. The largest absolute Gasteiger partial charge is 0.319 e. The van der Waals surface area contributed by atoms with E-state index in [0.29, 0.717) is 22.9 Å². The van der Waals surface area contributed by atoms with Crippen LogP contribution in [-0.2, 0) is 0 Å². The van der Waals surface area contributed by atoms with Gasteiger partial charge in [0.05, 0.1) is 11.3 Å². The molecule has 0 bridgehead atoms. The number of amides is 1. The van der Waals surface area contributed by atoms with Crippen LogP contribution in [0.5, 0.6) is 0 Å². The van der Waals surface area contributed by atoms with Crippen molar-refractivity contribution in [3.63, 3.8) is 0 Å². The third kappa shape index (κ3) is 3.00. The number of imidazole rings is 1. The average Bonchev–Trinajstić information content (AvgIpc) is 3.36. The van der Waals surface area contributed by atoms with Crippen molar-refractivity contribution in [2.24, 2.45) is 0 Å². The van der Waals surface area contributed by atoms with E-state index in [9.17, 15) is 4.79 Å². The van der Waals surface area contributed by atoms with Crippen LogP contribution in [0.25, 0.3) is 11.6 Å². The second-order valence-corrected chi connectivity index (χ2v) is 5.15. The molecule has 0 unspecified atom stereocenters. The third-order valence-corrected chi connectivity index (χ3v) is 3.54. The van der Waals surface area contributed by atoms with Gasteiger partial charge in [-0.2, -0.15) is 5.10 Å². The smallest absolute Gasteiger partial charge is 0.257 e. The van der Waals surface area contributed by atoms with Crippen LogP contribution < -0.4 is 5.32 Å². The van der Waals surface area contributed by atoms with Crippen LogP contribution in [0.15, 0.2) is 73.8 Å². The minimum Gasteiger partial charge on any atom is -0.319 e. The minimum absolute atomic E-state index is 0.272. The van der Waals surface area contributed by atoms with E-state index in [1.54, 1.807) is 76.9 Å². The SMILES string of the molecule is O=C(Nc1cccnc1-n1cccn1)c1ccc(-n2ccnc2)nc1. The summed E-state index contributed by atoms with van der Waals surface area (Å²) in [6.45, 7) is 0. The van der Waals surface area contributed by atoms with Gasteiger partial charge in [0, 0.05) is 37.2 Å². The lowest BCUT2D eigenvalue weighted by Crippen LogP contribution is -2.15. The second-order valence-electron chi connectivity index (χ2n) is 5.15. The summed E-state index contributed by atoms with van der Waals surface area (Å²) in [5.74, 6) is 0.961. The van der Waals surface area contributed by atoms with Crippen LogP contribution in [0, 0.1) is 0 Å². The molecule has 0 saturated carbocycles. The number of nitrogens with one attached hydrogen (secondary N) is 1. The molecule has 4 aromatic rings. The number of aromatic nitrogens is 6. The van der Waals surface area contributed by atoms with Crippen molar-refractivity contribution < 1.29 is 4.79 Å². The Bertz CT molecular complexity index is 976. The van der Waals surface area contributed by atoms with Gasteiger partial charge in [-0.3, -0.25) is 9.36 Å². The van der Waals surface area contributed by atoms with Crippen LogP contribution >= 0.6 is 0 Å². The number of hydrogen-bond donors (Lipinski definition) is 1. The molecule has 0 aliphatic carbocycles. The summed E-state index contributed by atoms with van der Waals surface area (Å²) in [5.41, 5.74) is 1.01. The lowest BCUT2D eigenvalue weighted by atomic mass is 10.2. The van der Waals surface area contributed by atoms with Crippen molar-refractivity contribution in [1.29, 1.82) is 0 Å². The third-order valence-electron chi connectivity index (χ3n) is 3.54. The summed E-state index contributed by atoms with van der Waals surface area (Å²) in [6.07, 6.45) is 11.7. The minimum atomic E-state index is -0.272. The predicted octanol–water partition coefficient (Wildman–Crippen LogP) is 2.10. The number of hydrogen-bond acceptors (Lipinski definition) is 5. The van der Waals surface area contributed by atoms with Gasteiger partial charge in [-0.25, -0.2) is 19.6 Å². The van der Waals surface area contributed by atoms with Crippen LogP contribution in [-0.4, -0.2) is 35.2 Å². The maximum absolute atomic E-state index is 12.5. The lowest BCUT2D eigenvalue weighted by molar-refractivity contribution is 0.102. The highest BCUT2D eigenvalue weighted by Crippen LogP contribution is 2.17. The highest BCUT2D eigenvalue weighted by Gasteiger charge is 2.12. The highest BCUT2D eigenvalue weighted by molar-refractivity contribution is 6.04. The van der Waals surface area contributed by atoms with E-state index in [0.717, 1.165) is 0 Å². The molecule has 1 amide bonds. The Morgan fingerprint density at radius 1 is 1.00 bits per heavy atom. The van der Waals surface area contributed by atoms with Crippen molar-refractivity contribution in [2.75, 3.05) is 5.32 Å². The van der Waals surface area contributed by atoms with Gasteiger partial charge in [0.15, 0.2) is 5.82 Å². The van der Waals surface area contributed by atoms with E-state index < -0.39 is 0 Å². The van der Waals surface area contributed by atoms with E-state index in [-0.39, 0.29) is 5.91 Å². The van der Waals surface area contributed by atoms with Gasteiger partial charge in [-0.15, -0.1) is 0 Å². The van der Waals surface area contributed by atoms with Gasteiger partial charge in [-0.1, -0.05) is 0 Å². The van der Waals surface area contributed by atoms with E-state index in [1.807, 2.05) is 0 Å². The second kappa shape index (κ2) is 6.36. The Morgan fingerprint density at radius 3 is 2.68 bits per heavy atom. The number of carbonyl (C=O) groups is 1. The molecule has 4 rings (SSSR count). The first-order valence-electron chi connectivity index (χ1n) is 7.52. The average molecular weight is 331 g/mol. The van der Waals surface area contributed by atoms with Crippen LogP contribution in [0.1, 0.15) is 10.4 Å². The van der Waals surface area contributed by atoms with Gasteiger partial charge >= 0.3 is 0 Å². The molecule has 0 aromatic carbocycles. The van der Waals surface area contributed by atoms with Gasteiger partial charge in [-0.05, 0) is 30.3 Å². The number of nitrogens with zero attached hydrogens (tertiary/aromatic N) is 6. The standard InChI is InChI=1S/C17H13N7O/c25-17(13-4-5-15(20-11-13)23-10-8-18-12-23)22-14-3-1-6-19-16(14)24-9-2-7-21-24/h1-12H,(H,22,25). The molecule has 0 spiro atoms. The van der Waals surface area contributed by atoms with Gasteiger partial charge in [0.1, 0.15) is 12.1 Å². The molecule has 0 aliphatic rings. The monoisotopic (exact) mass is 331 g/mol. The van der Waals surface area contributed by atoms with Crippen molar-refractivity contribution in [3.8, 4) is 11.6 Å². The van der Waals surface area contributed by atoms with Crippen LogP contribution in [0.3, 0.4) is 0 Å².